The van der Waals surface area contributed by atoms with Crippen molar-refractivity contribution >= 4 is 15.1 Å². The normalized spacial score (nSPS) is 28.3. The molecule has 0 spiro atoms. The number of hydrogen-bond donors (Lipinski definition) is 0. The van der Waals surface area contributed by atoms with Crippen LogP contribution in [0.25, 0.3) is 0 Å². The molecule has 1 aliphatic heterocycles. The number of hydrogen-bond acceptors (Lipinski definition) is 3. The van der Waals surface area contributed by atoms with Crippen LogP contribution in [0.1, 0.15) is 32.1 Å². The van der Waals surface area contributed by atoms with Crippen LogP contribution in [0.2, 0.25) is 0 Å². The van der Waals surface area contributed by atoms with E-state index < -0.39 is 15.1 Å². The summed E-state index contributed by atoms with van der Waals surface area (Å²) >= 11 is 0. The second-order valence-corrected chi connectivity index (χ2v) is 6.06. The van der Waals surface area contributed by atoms with Gasteiger partial charge in [0, 0.05) is 12.6 Å². The first-order valence-electron chi connectivity index (χ1n) is 5.14. The predicted octanol–water partition coefficient (Wildman–Crippen LogP) is 1.17. The summed E-state index contributed by atoms with van der Waals surface area (Å²) in [5, 5.41) is -0.635. The molecule has 80 valence electrons. The third-order valence-corrected chi connectivity index (χ3v) is 4.60. The highest BCUT2D eigenvalue weighted by Crippen LogP contribution is 2.26. The maximum Gasteiger partial charge on any atom is 0.339 e. The molecule has 0 aromatic rings. The highest BCUT2D eigenvalue weighted by atomic mass is 32.2. The van der Waals surface area contributed by atoms with Gasteiger partial charge in [-0.1, -0.05) is 19.3 Å². The molecule has 1 saturated carbocycles. The molecule has 0 atom stereocenters. The third kappa shape index (κ3) is 1.65. The van der Waals surface area contributed by atoms with Crippen molar-refractivity contribution in [3.63, 3.8) is 0 Å². The fourth-order valence-electron chi connectivity index (χ4n) is 2.30. The summed E-state index contributed by atoms with van der Waals surface area (Å²) in [6, 6.07) is 0.188. The number of carbonyl (C=O) groups is 1. The second kappa shape index (κ2) is 3.53. The molecule has 0 unspecified atom stereocenters. The Morgan fingerprint density at radius 2 is 1.79 bits per heavy atom. The van der Waals surface area contributed by atoms with Gasteiger partial charge in [0.15, 0.2) is 0 Å². The molecule has 0 aromatic heterocycles. The van der Waals surface area contributed by atoms with Crippen molar-refractivity contribution in [3.05, 3.63) is 0 Å². The van der Waals surface area contributed by atoms with E-state index in [1.807, 2.05) is 0 Å². The van der Waals surface area contributed by atoms with Crippen molar-refractivity contribution in [2.24, 2.45) is 0 Å². The Labute approximate surface area is 84.2 Å². The number of nitrogens with zero attached hydrogens (tertiary/aromatic N) is 1. The molecule has 4 nitrogen and oxygen atoms in total. The van der Waals surface area contributed by atoms with E-state index in [-0.39, 0.29) is 11.8 Å². The summed E-state index contributed by atoms with van der Waals surface area (Å²) in [7, 11) is -3.44. The van der Waals surface area contributed by atoms with E-state index in [1.165, 1.54) is 6.42 Å². The quantitative estimate of drug-likeness (QED) is 0.662. The molecule has 2 fully saturated rings. The standard InChI is InChI=1S/C9H15NO3S/c11-9-10(6-7-14(9,12)13)8-4-2-1-3-5-8/h8H,1-7H2. The Morgan fingerprint density at radius 1 is 1.14 bits per heavy atom. The van der Waals surface area contributed by atoms with E-state index in [4.69, 9.17) is 0 Å². The molecule has 14 heavy (non-hydrogen) atoms. The van der Waals surface area contributed by atoms with Crippen LogP contribution in [0.5, 0.6) is 0 Å². The topological polar surface area (TPSA) is 54.5 Å². The van der Waals surface area contributed by atoms with Crippen LogP contribution in [0, 0.1) is 0 Å². The molecule has 1 saturated heterocycles. The van der Waals surface area contributed by atoms with E-state index >= 15 is 0 Å². The highest BCUT2D eigenvalue weighted by Gasteiger charge is 2.39. The van der Waals surface area contributed by atoms with Crippen LogP contribution in [0.15, 0.2) is 0 Å². The lowest BCUT2D eigenvalue weighted by atomic mass is 9.94. The van der Waals surface area contributed by atoms with Gasteiger partial charge in [0.1, 0.15) is 0 Å². The first kappa shape index (κ1) is 9.96. The largest absolute Gasteiger partial charge is 0.339 e. The van der Waals surface area contributed by atoms with Gasteiger partial charge in [-0.15, -0.1) is 0 Å². The Morgan fingerprint density at radius 3 is 2.29 bits per heavy atom. The summed E-state index contributed by atoms with van der Waals surface area (Å²) in [6.45, 7) is 0.409. The molecule has 0 radical (unpaired) electrons. The van der Waals surface area contributed by atoms with Gasteiger partial charge in [-0.05, 0) is 12.8 Å². The minimum atomic E-state index is -3.44. The van der Waals surface area contributed by atoms with Gasteiger partial charge in [-0.25, -0.2) is 8.42 Å². The van der Waals surface area contributed by atoms with E-state index in [0.29, 0.717) is 6.54 Å². The Bertz CT molecular complexity index is 330. The van der Waals surface area contributed by atoms with Crippen LogP contribution in [0.4, 0.5) is 4.79 Å². The van der Waals surface area contributed by atoms with Gasteiger partial charge in [-0.3, -0.25) is 4.79 Å². The fourth-order valence-corrected chi connectivity index (χ4v) is 3.51. The number of sulfone groups is 1. The van der Waals surface area contributed by atoms with Gasteiger partial charge in [-0.2, -0.15) is 0 Å². The zero-order chi connectivity index (χ0) is 10.2. The van der Waals surface area contributed by atoms with Crippen LogP contribution < -0.4 is 0 Å². The van der Waals surface area contributed by atoms with Crippen molar-refractivity contribution in [2.45, 2.75) is 38.1 Å². The van der Waals surface area contributed by atoms with Crippen molar-refractivity contribution < 1.29 is 13.2 Å². The van der Waals surface area contributed by atoms with Gasteiger partial charge in [0.05, 0.1) is 5.75 Å². The lowest BCUT2D eigenvalue weighted by molar-refractivity contribution is 0.186. The molecule has 1 amide bonds. The fraction of sp³-hybridized carbons (Fsp3) is 0.889. The minimum Gasteiger partial charge on any atom is -0.325 e. The van der Waals surface area contributed by atoms with Crippen molar-refractivity contribution in [1.29, 1.82) is 0 Å². The maximum atomic E-state index is 11.5. The third-order valence-electron chi connectivity index (χ3n) is 3.12. The molecule has 5 heteroatoms. The Kier molecular flexibility index (Phi) is 2.51. The second-order valence-electron chi connectivity index (χ2n) is 4.07. The number of amides is 1. The van der Waals surface area contributed by atoms with E-state index in [0.717, 1.165) is 25.7 Å². The zero-order valence-corrected chi connectivity index (χ0v) is 8.92. The average Bonchev–Trinajstić information content (AvgIpc) is 2.44. The minimum absolute atomic E-state index is 0.0162. The highest BCUT2D eigenvalue weighted by molar-refractivity contribution is 8.06. The lowest BCUT2D eigenvalue weighted by Crippen LogP contribution is -2.38. The van der Waals surface area contributed by atoms with Crippen LogP contribution in [-0.2, 0) is 9.84 Å². The zero-order valence-electron chi connectivity index (χ0n) is 8.11. The monoisotopic (exact) mass is 217 g/mol. The van der Waals surface area contributed by atoms with Crippen LogP contribution >= 0.6 is 0 Å². The first-order chi connectivity index (χ1) is 6.61. The van der Waals surface area contributed by atoms with Gasteiger partial charge >= 0.3 is 5.24 Å². The van der Waals surface area contributed by atoms with Crippen molar-refractivity contribution in [1.82, 2.24) is 4.90 Å². The first-order valence-corrected chi connectivity index (χ1v) is 6.80. The SMILES string of the molecule is O=C1N(C2CCCCC2)CCS1(=O)=O. The number of carbonyl (C=O) groups excluding carboxylic acids is 1. The molecular formula is C9H15NO3S. The van der Waals surface area contributed by atoms with Gasteiger partial charge in [0.25, 0.3) is 0 Å². The molecule has 0 N–H and O–H groups in total. The van der Waals surface area contributed by atoms with Crippen LogP contribution in [0.3, 0.4) is 0 Å². The Balaban J connectivity index is 2.09. The van der Waals surface area contributed by atoms with Gasteiger partial charge < -0.3 is 4.90 Å². The van der Waals surface area contributed by atoms with Crippen molar-refractivity contribution in [2.75, 3.05) is 12.3 Å². The molecule has 1 heterocycles. The Hall–Kier alpha value is -0.580. The van der Waals surface area contributed by atoms with E-state index in [1.54, 1.807) is 4.90 Å². The van der Waals surface area contributed by atoms with Crippen LogP contribution in [-0.4, -0.2) is 36.9 Å². The smallest absolute Gasteiger partial charge is 0.325 e. The summed E-state index contributed by atoms with van der Waals surface area (Å²) < 4.78 is 22.4. The average molecular weight is 217 g/mol. The summed E-state index contributed by atoms with van der Waals surface area (Å²) in [5.41, 5.74) is 0. The van der Waals surface area contributed by atoms with E-state index in [2.05, 4.69) is 0 Å². The van der Waals surface area contributed by atoms with Crippen molar-refractivity contribution in [3.8, 4) is 0 Å². The summed E-state index contributed by atoms with van der Waals surface area (Å²) in [4.78, 5) is 13.0. The molecule has 0 bridgehead atoms. The molecular weight excluding hydrogens is 202 g/mol. The summed E-state index contributed by atoms with van der Waals surface area (Å²) in [5.74, 6) is 0.0162. The number of rotatable bonds is 1. The molecule has 1 aliphatic carbocycles. The molecule has 2 aliphatic rings. The maximum absolute atomic E-state index is 11.5. The van der Waals surface area contributed by atoms with Gasteiger partial charge in [0.2, 0.25) is 9.84 Å². The lowest BCUT2D eigenvalue weighted by Gasteiger charge is -2.29. The van der Waals surface area contributed by atoms with E-state index in [9.17, 15) is 13.2 Å². The predicted molar refractivity (Wildman–Crippen MR) is 52.8 cm³/mol. The summed E-state index contributed by atoms with van der Waals surface area (Å²) in [6.07, 6.45) is 5.40. The molecule has 2 rings (SSSR count). The molecule has 0 aromatic carbocycles.